The van der Waals surface area contributed by atoms with E-state index in [1.54, 1.807) is 25.3 Å². The summed E-state index contributed by atoms with van der Waals surface area (Å²) < 4.78 is 5.40. The fraction of sp³-hybridized carbons (Fsp3) is 0.640. The Balaban J connectivity index is 1.33. The molecule has 0 spiro atoms. The highest BCUT2D eigenvalue weighted by Gasteiger charge is 2.56. The fourth-order valence-electron chi connectivity index (χ4n) is 7.26. The van der Waals surface area contributed by atoms with Gasteiger partial charge in [0.1, 0.15) is 11.8 Å². The van der Waals surface area contributed by atoms with E-state index in [2.05, 4.69) is 10.6 Å². The third-order valence-electron chi connectivity index (χ3n) is 8.09. The molecule has 0 radical (unpaired) electrons. The average Bonchev–Trinajstić information content (AvgIpc) is 3.22. The van der Waals surface area contributed by atoms with E-state index >= 15 is 0 Å². The molecule has 1 aliphatic heterocycles. The number of amides is 3. The molecule has 5 aliphatic rings. The predicted octanol–water partition coefficient (Wildman–Crippen LogP) is 3.80. The van der Waals surface area contributed by atoms with Crippen molar-refractivity contribution in [3.63, 3.8) is 0 Å². The minimum absolute atomic E-state index is 0.182. The highest BCUT2D eigenvalue weighted by molar-refractivity contribution is 6.00. The third-order valence-corrected chi connectivity index (χ3v) is 8.09. The van der Waals surface area contributed by atoms with Crippen molar-refractivity contribution >= 4 is 29.1 Å². The first kappa shape index (κ1) is 21.3. The van der Waals surface area contributed by atoms with Crippen LogP contribution in [-0.4, -0.2) is 42.3 Å². The van der Waals surface area contributed by atoms with Gasteiger partial charge in [-0.05, 0) is 87.3 Å². The van der Waals surface area contributed by atoms with Crippen LogP contribution in [0.5, 0.6) is 5.75 Å². The Labute approximate surface area is 189 Å². The highest BCUT2D eigenvalue weighted by Crippen LogP contribution is 2.60. The second-order valence-corrected chi connectivity index (χ2v) is 10.4. The normalized spacial score (nSPS) is 32.6. The minimum Gasteiger partial charge on any atom is -0.495 e. The van der Waals surface area contributed by atoms with E-state index in [4.69, 9.17) is 4.74 Å². The molecule has 3 amide bonds. The summed E-state index contributed by atoms with van der Waals surface area (Å²) in [5, 5.41) is 5.70. The number of nitrogens with one attached hydrogen (secondary N) is 2. The number of likely N-dealkylation sites (tertiary alicyclic amines) is 1. The second kappa shape index (κ2) is 8.09. The van der Waals surface area contributed by atoms with Crippen molar-refractivity contribution in [2.24, 2.45) is 23.2 Å². The number of carbonyl (C=O) groups excluding carboxylic acids is 3. The van der Waals surface area contributed by atoms with E-state index in [-0.39, 0.29) is 23.1 Å². The lowest BCUT2D eigenvalue weighted by atomic mass is 9.49. The van der Waals surface area contributed by atoms with E-state index in [0.29, 0.717) is 47.8 Å². The van der Waals surface area contributed by atoms with Crippen molar-refractivity contribution in [1.29, 1.82) is 0 Å². The lowest BCUT2D eigenvalue weighted by Crippen LogP contribution is -2.56. The van der Waals surface area contributed by atoms with Gasteiger partial charge in [-0.25, -0.2) is 0 Å². The van der Waals surface area contributed by atoms with Gasteiger partial charge in [0, 0.05) is 19.2 Å². The number of hydrogen-bond acceptors (Lipinski definition) is 4. The van der Waals surface area contributed by atoms with Gasteiger partial charge >= 0.3 is 0 Å². The van der Waals surface area contributed by atoms with Gasteiger partial charge in [0.2, 0.25) is 17.7 Å². The summed E-state index contributed by atoms with van der Waals surface area (Å²) in [6.07, 6.45) is 8.43. The number of rotatable bonds is 5. The van der Waals surface area contributed by atoms with Crippen LogP contribution in [0.25, 0.3) is 0 Å². The average molecular weight is 440 g/mol. The van der Waals surface area contributed by atoms with Crippen LogP contribution in [0.3, 0.4) is 0 Å². The molecule has 1 heterocycles. The first-order chi connectivity index (χ1) is 15.4. The van der Waals surface area contributed by atoms with Crippen LogP contribution in [0.1, 0.15) is 58.3 Å². The number of nitrogens with zero attached hydrogens (tertiary/aromatic N) is 1. The largest absolute Gasteiger partial charge is 0.495 e. The molecule has 4 saturated carbocycles. The summed E-state index contributed by atoms with van der Waals surface area (Å²) >= 11 is 0. The third kappa shape index (κ3) is 3.76. The molecular weight excluding hydrogens is 406 g/mol. The number of anilines is 2. The number of ether oxygens (including phenoxy) is 1. The monoisotopic (exact) mass is 439 g/mol. The van der Waals surface area contributed by atoms with E-state index < -0.39 is 6.04 Å². The molecule has 4 aliphatic carbocycles. The Morgan fingerprint density at radius 3 is 2.28 bits per heavy atom. The zero-order valence-corrected chi connectivity index (χ0v) is 19.0. The topological polar surface area (TPSA) is 87.7 Å². The van der Waals surface area contributed by atoms with Gasteiger partial charge in [-0.1, -0.05) is 0 Å². The van der Waals surface area contributed by atoms with Crippen LogP contribution in [0.15, 0.2) is 18.2 Å². The standard InChI is InChI=1S/C25H33N3O4/c1-15(29)26-19-5-6-22(32-2)20(11-19)27-23(30)21-4-3-7-28(21)24(31)25-12-16-8-17(13-25)10-18(9-16)14-25/h5-6,11,16-18,21H,3-4,7-10,12-14H2,1-2H3,(H,26,29)(H,27,30)/t16?,17?,18?,21-,25?/m1/s1. The smallest absolute Gasteiger partial charge is 0.247 e. The van der Waals surface area contributed by atoms with Crippen molar-refractivity contribution in [3.8, 4) is 5.75 Å². The molecule has 1 saturated heterocycles. The Kier molecular flexibility index (Phi) is 5.38. The molecule has 4 bridgehead atoms. The van der Waals surface area contributed by atoms with Gasteiger partial charge in [0.15, 0.2) is 0 Å². The van der Waals surface area contributed by atoms with Crippen LogP contribution in [-0.2, 0) is 14.4 Å². The van der Waals surface area contributed by atoms with Crippen LogP contribution < -0.4 is 15.4 Å². The quantitative estimate of drug-likeness (QED) is 0.731. The Bertz CT molecular complexity index is 908. The van der Waals surface area contributed by atoms with Crippen LogP contribution >= 0.6 is 0 Å². The van der Waals surface area contributed by atoms with E-state index in [9.17, 15) is 14.4 Å². The van der Waals surface area contributed by atoms with Gasteiger partial charge in [-0.2, -0.15) is 0 Å². The number of hydrogen-bond donors (Lipinski definition) is 2. The molecule has 0 aromatic heterocycles. The van der Waals surface area contributed by atoms with Crippen LogP contribution in [0, 0.1) is 23.2 Å². The van der Waals surface area contributed by atoms with Gasteiger partial charge < -0.3 is 20.3 Å². The number of carbonyl (C=O) groups is 3. The second-order valence-electron chi connectivity index (χ2n) is 10.4. The summed E-state index contributed by atoms with van der Waals surface area (Å²) in [6, 6.07) is 4.69. The van der Waals surface area contributed by atoms with Crippen molar-refractivity contribution < 1.29 is 19.1 Å². The molecule has 0 unspecified atom stereocenters. The maximum atomic E-state index is 13.8. The van der Waals surface area contributed by atoms with Crippen molar-refractivity contribution in [1.82, 2.24) is 4.90 Å². The molecule has 7 heteroatoms. The zero-order chi connectivity index (χ0) is 22.5. The molecule has 7 nitrogen and oxygen atoms in total. The van der Waals surface area contributed by atoms with E-state index in [0.717, 1.165) is 25.7 Å². The molecule has 172 valence electrons. The summed E-state index contributed by atoms with van der Waals surface area (Å²) in [5.74, 6) is 2.45. The fourth-order valence-corrected chi connectivity index (χ4v) is 7.26. The van der Waals surface area contributed by atoms with Gasteiger partial charge in [0.05, 0.1) is 18.2 Å². The molecule has 1 aromatic rings. The first-order valence-corrected chi connectivity index (χ1v) is 11.9. The van der Waals surface area contributed by atoms with Gasteiger partial charge in [-0.3, -0.25) is 14.4 Å². The summed E-state index contributed by atoms with van der Waals surface area (Å²) in [7, 11) is 1.54. The minimum atomic E-state index is -0.454. The first-order valence-electron chi connectivity index (χ1n) is 11.9. The van der Waals surface area contributed by atoms with E-state index in [1.165, 1.54) is 26.2 Å². The van der Waals surface area contributed by atoms with Crippen LogP contribution in [0.4, 0.5) is 11.4 Å². The van der Waals surface area contributed by atoms with Gasteiger partial charge in [-0.15, -0.1) is 0 Å². The number of methoxy groups -OCH3 is 1. The van der Waals surface area contributed by atoms with Crippen molar-refractivity contribution in [2.45, 2.75) is 64.3 Å². The molecule has 6 rings (SSSR count). The lowest BCUT2D eigenvalue weighted by Gasteiger charge is -2.56. The molecule has 1 aromatic carbocycles. The molecule has 2 N–H and O–H groups in total. The Morgan fingerprint density at radius 1 is 1.03 bits per heavy atom. The molecule has 32 heavy (non-hydrogen) atoms. The maximum Gasteiger partial charge on any atom is 0.247 e. The molecule has 1 atom stereocenters. The maximum absolute atomic E-state index is 13.8. The van der Waals surface area contributed by atoms with Gasteiger partial charge in [0.25, 0.3) is 0 Å². The lowest BCUT2D eigenvalue weighted by molar-refractivity contribution is -0.160. The molecular formula is C25H33N3O4. The molecule has 5 fully saturated rings. The zero-order valence-electron chi connectivity index (χ0n) is 19.0. The highest BCUT2D eigenvalue weighted by atomic mass is 16.5. The van der Waals surface area contributed by atoms with Crippen LogP contribution in [0.2, 0.25) is 0 Å². The summed E-state index contributed by atoms with van der Waals surface area (Å²) in [6.45, 7) is 2.09. The number of benzene rings is 1. The van der Waals surface area contributed by atoms with Crippen molar-refractivity contribution in [2.75, 3.05) is 24.3 Å². The van der Waals surface area contributed by atoms with Crippen molar-refractivity contribution in [3.05, 3.63) is 18.2 Å². The summed E-state index contributed by atoms with van der Waals surface area (Å²) in [5.41, 5.74) is 0.847. The SMILES string of the molecule is COc1ccc(NC(C)=O)cc1NC(=O)[C@H]1CCCN1C(=O)C12CC3CC(CC(C3)C1)C2. The Hall–Kier alpha value is -2.57. The van der Waals surface area contributed by atoms with E-state index in [1.807, 2.05) is 4.90 Å². The predicted molar refractivity (Wildman–Crippen MR) is 121 cm³/mol. The Morgan fingerprint density at radius 2 is 1.69 bits per heavy atom. The summed E-state index contributed by atoms with van der Waals surface area (Å²) in [4.78, 5) is 40.4.